The number of rotatable bonds is 4. The lowest BCUT2D eigenvalue weighted by atomic mass is 9.84. The van der Waals surface area contributed by atoms with Gasteiger partial charge in [-0.1, -0.05) is 12.1 Å². The van der Waals surface area contributed by atoms with E-state index in [0.29, 0.717) is 24.6 Å². The molecule has 1 saturated carbocycles. The molecule has 5 rings (SSSR count). The van der Waals surface area contributed by atoms with Crippen LogP contribution in [-0.4, -0.2) is 46.8 Å². The number of carbonyl (C=O) groups is 3. The molecule has 7 nitrogen and oxygen atoms in total. The number of benzene rings is 1. The number of imide groups is 1. The second kappa shape index (κ2) is 7.22. The van der Waals surface area contributed by atoms with Crippen LogP contribution >= 0.6 is 0 Å². The van der Waals surface area contributed by atoms with Gasteiger partial charge in [-0.25, -0.2) is 0 Å². The molecule has 1 aromatic carbocycles. The van der Waals surface area contributed by atoms with Gasteiger partial charge in [-0.2, -0.15) is 0 Å². The monoisotopic (exact) mass is 396 g/mol. The van der Waals surface area contributed by atoms with Crippen molar-refractivity contribution in [3.63, 3.8) is 0 Å². The minimum absolute atomic E-state index is 0.111. The molecule has 3 fully saturated rings. The highest BCUT2D eigenvalue weighted by Crippen LogP contribution is 2.37. The van der Waals surface area contributed by atoms with Crippen molar-refractivity contribution < 1.29 is 14.4 Å². The average molecular weight is 396 g/mol. The summed E-state index contributed by atoms with van der Waals surface area (Å²) in [5.74, 6) is -0.731. The van der Waals surface area contributed by atoms with E-state index in [1.54, 1.807) is 4.90 Å². The average Bonchev–Trinajstić information content (AvgIpc) is 3.28. The largest absolute Gasteiger partial charge is 0.322 e. The summed E-state index contributed by atoms with van der Waals surface area (Å²) < 4.78 is 0. The Hall–Kier alpha value is -2.25. The van der Waals surface area contributed by atoms with Crippen molar-refractivity contribution in [1.82, 2.24) is 20.9 Å². The Morgan fingerprint density at radius 1 is 1.14 bits per heavy atom. The Labute approximate surface area is 170 Å². The van der Waals surface area contributed by atoms with Gasteiger partial charge in [-0.05, 0) is 62.3 Å². The number of carbonyl (C=O) groups excluding carboxylic acids is 3. The van der Waals surface area contributed by atoms with E-state index in [4.69, 9.17) is 0 Å². The minimum atomic E-state index is -0.555. The third-order valence-electron chi connectivity index (χ3n) is 7.21. The molecule has 154 valence electrons. The summed E-state index contributed by atoms with van der Waals surface area (Å²) in [7, 11) is 0. The number of amides is 3. The van der Waals surface area contributed by atoms with Crippen LogP contribution in [0.25, 0.3) is 0 Å². The van der Waals surface area contributed by atoms with E-state index in [9.17, 15) is 14.4 Å². The second-order valence-electron chi connectivity index (χ2n) is 8.90. The molecular formula is C22H28N4O3. The second-order valence-corrected chi connectivity index (χ2v) is 8.90. The summed E-state index contributed by atoms with van der Waals surface area (Å²) in [4.78, 5) is 38.0. The van der Waals surface area contributed by atoms with Gasteiger partial charge >= 0.3 is 0 Å². The first-order valence-electron chi connectivity index (χ1n) is 10.8. The van der Waals surface area contributed by atoms with E-state index in [-0.39, 0.29) is 29.7 Å². The quantitative estimate of drug-likeness (QED) is 0.666. The van der Waals surface area contributed by atoms with Crippen LogP contribution in [0.1, 0.15) is 66.4 Å². The fourth-order valence-corrected chi connectivity index (χ4v) is 5.66. The van der Waals surface area contributed by atoms with Crippen molar-refractivity contribution >= 4 is 17.7 Å². The molecule has 3 heterocycles. The molecule has 3 amide bonds. The minimum Gasteiger partial charge on any atom is -0.322 e. The Balaban J connectivity index is 1.29. The van der Waals surface area contributed by atoms with Crippen LogP contribution in [0.3, 0.4) is 0 Å². The molecule has 7 heteroatoms. The smallest absolute Gasteiger partial charge is 0.255 e. The Morgan fingerprint density at radius 2 is 2.00 bits per heavy atom. The van der Waals surface area contributed by atoms with Crippen molar-refractivity contribution in [3.8, 4) is 0 Å². The summed E-state index contributed by atoms with van der Waals surface area (Å²) in [6.07, 6.45) is 6.84. The highest BCUT2D eigenvalue weighted by molar-refractivity contribution is 6.05. The van der Waals surface area contributed by atoms with Gasteiger partial charge in [0.05, 0.1) is 0 Å². The number of nitrogens with one attached hydrogen (secondary N) is 3. The fraction of sp³-hybridized carbons (Fsp3) is 0.591. The molecule has 3 atom stereocenters. The van der Waals surface area contributed by atoms with Crippen LogP contribution in [0.2, 0.25) is 0 Å². The molecule has 3 aliphatic heterocycles. The summed E-state index contributed by atoms with van der Waals surface area (Å²) in [6, 6.07) is 6.02. The summed E-state index contributed by atoms with van der Waals surface area (Å²) >= 11 is 0. The van der Waals surface area contributed by atoms with E-state index in [0.717, 1.165) is 18.7 Å². The molecule has 1 aromatic rings. The predicted molar refractivity (Wildman–Crippen MR) is 107 cm³/mol. The van der Waals surface area contributed by atoms with E-state index in [2.05, 4.69) is 22.0 Å². The first-order valence-corrected chi connectivity index (χ1v) is 10.8. The number of fused-ring (bicyclic) bond motifs is 2. The van der Waals surface area contributed by atoms with Crippen LogP contribution in [0.5, 0.6) is 0 Å². The first kappa shape index (κ1) is 18.8. The summed E-state index contributed by atoms with van der Waals surface area (Å²) in [5, 5.41) is 9.87. The fourth-order valence-electron chi connectivity index (χ4n) is 5.66. The molecule has 3 N–H and O–H groups in total. The van der Waals surface area contributed by atoms with Gasteiger partial charge in [0.1, 0.15) is 6.04 Å². The number of hydrogen-bond acceptors (Lipinski definition) is 5. The SMILES string of the molecule is O=C1CCC(N2Cc3cc(CNC45CCCNC4CCC5)ccc3C2=O)C(=O)N1. The molecule has 1 aliphatic carbocycles. The Morgan fingerprint density at radius 3 is 2.86 bits per heavy atom. The third-order valence-corrected chi connectivity index (χ3v) is 7.21. The molecule has 0 bridgehead atoms. The molecule has 3 unspecified atom stereocenters. The van der Waals surface area contributed by atoms with Gasteiger partial charge in [0.25, 0.3) is 5.91 Å². The Bertz CT molecular complexity index is 870. The molecule has 29 heavy (non-hydrogen) atoms. The lowest BCUT2D eigenvalue weighted by molar-refractivity contribution is -0.136. The van der Waals surface area contributed by atoms with Crippen LogP contribution < -0.4 is 16.0 Å². The molecule has 0 radical (unpaired) electrons. The van der Waals surface area contributed by atoms with Crippen molar-refractivity contribution in [1.29, 1.82) is 0 Å². The van der Waals surface area contributed by atoms with E-state index in [1.165, 1.54) is 37.7 Å². The van der Waals surface area contributed by atoms with Crippen molar-refractivity contribution in [2.75, 3.05) is 6.54 Å². The standard InChI is InChI=1S/C22H28N4O3/c27-19-7-6-17(20(28)25-19)26-13-15-11-14(4-5-16(15)21(26)29)12-24-22-8-1-3-18(22)23-10-2-9-22/h4-5,11,17-18,23-24H,1-3,6-10,12-13H2,(H,25,27,28). The predicted octanol–water partition coefficient (Wildman–Crippen LogP) is 1.21. The molecule has 2 saturated heterocycles. The van der Waals surface area contributed by atoms with Gasteiger partial charge in [0, 0.05) is 36.7 Å². The number of nitrogens with zero attached hydrogens (tertiary/aromatic N) is 1. The summed E-state index contributed by atoms with van der Waals surface area (Å²) in [5.41, 5.74) is 3.02. The zero-order chi connectivity index (χ0) is 20.0. The number of piperidine rings is 2. The lowest BCUT2D eigenvalue weighted by Crippen LogP contribution is -2.59. The van der Waals surface area contributed by atoms with E-state index >= 15 is 0 Å². The van der Waals surface area contributed by atoms with Crippen molar-refractivity contribution in [2.45, 2.75) is 75.7 Å². The topological polar surface area (TPSA) is 90.5 Å². The van der Waals surface area contributed by atoms with Crippen molar-refractivity contribution in [2.24, 2.45) is 0 Å². The van der Waals surface area contributed by atoms with Crippen LogP contribution in [0, 0.1) is 0 Å². The zero-order valence-corrected chi connectivity index (χ0v) is 16.6. The Kier molecular flexibility index (Phi) is 4.67. The van der Waals surface area contributed by atoms with E-state index in [1.807, 2.05) is 12.1 Å². The number of hydrogen-bond donors (Lipinski definition) is 3. The molecule has 0 aromatic heterocycles. The maximum Gasteiger partial charge on any atom is 0.255 e. The van der Waals surface area contributed by atoms with Gasteiger partial charge in [-0.3, -0.25) is 19.7 Å². The third kappa shape index (κ3) is 3.26. The zero-order valence-electron chi connectivity index (χ0n) is 16.6. The molecule has 0 spiro atoms. The van der Waals surface area contributed by atoms with Gasteiger partial charge in [0.15, 0.2) is 0 Å². The van der Waals surface area contributed by atoms with E-state index < -0.39 is 6.04 Å². The first-order chi connectivity index (χ1) is 14.1. The van der Waals surface area contributed by atoms with Crippen molar-refractivity contribution in [3.05, 3.63) is 34.9 Å². The summed E-state index contributed by atoms with van der Waals surface area (Å²) in [6.45, 7) is 2.34. The van der Waals surface area contributed by atoms with Gasteiger partial charge < -0.3 is 15.5 Å². The lowest BCUT2D eigenvalue weighted by Gasteiger charge is -2.41. The van der Waals surface area contributed by atoms with Crippen LogP contribution in [0.15, 0.2) is 18.2 Å². The maximum atomic E-state index is 12.8. The van der Waals surface area contributed by atoms with Gasteiger partial charge in [0.2, 0.25) is 11.8 Å². The molecule has 4 aliphatic rings. The van der Waals surface area contributed by atoms with Gasteiger partial charge in [-0.15, -0.1) is 0 Å². The molecular weight excluding hydrogens is 368 g/mol. The maximum absolute atomic E-state index is 12.8. The normalized spacial score (nSPS) is 31.6. The van der Waals surface area contributed by atoms with Crippen LogP contribution in [-0.2, 0) is 22.7 Å². The highest BCUT2D eigenvalue weighted by Gasteiger charge is 2.44. The highest BCUT2D eigenvalue weighted by atomic mass is 16.2. The van der Waals surface area contributed by atoms with Crippen LogP contribution in [0.4, 0.5) is 0 Å².